The first kappa shape index (κ1) is 52.8. The van der Waals surface area contributed by atoms with Crippen LogP contribution in [0.2, 0.25) is 0 Å². The smallest absolute Gasteiger partial charge is 0.247 e. The van der Waals surface area contributed by atoms with Gasteiger partial charge in [0.05, 0.1) is 6.04 Å². The Morgan fingerprint density at radius 3 is 2.11 bits per heavy atom. The van der Waals surface area contributed by atoms with E-state index in [1.54, 1.807) is 56.3 Å². The van der Waals surface area contributed by atoms with Gasteiger partial charge in [-0.2, -0.15) is 0 Å². The Kier molecular flexibility index (Phi) is 21.1. The van der Waals surface area contributed by atoms with Crippen molar-refractivity contribution >= 4 is 35.3 Å². The molecule has 0 unspecified atom stereocenters. The molecule has 1 fully saturated rings. The van der Waals surface area contributed by atoms with E-state index in [2.05, 4.69) is 40.1 Å². The highest BCUT2D eigenvalue weighted by Gasteiger charge is 2.41. The zero-order chi connectivity index (χ0) is 48.3. The Bertz CT molecular complexity index is 2110. The van der Waals surface area contributed by atoms with Gasteiger partial charge < -0.3 is 53.3 Å². The quantitative estimate of drug-likeness (QED) is 0.0426. The number of hydrogen-bond donors (Lipinski definition) is 8. The second-order valence-electron chi connectivity index (χ2n) is 17.2. The topological polar surface area (TPSA) is 259 Å². The van der Waals surface area contributed by atoms with Crippen molar-refractivity contribution in [2.45, 2.75) is 129 Å². The van der Waals surface area contributed by atoms with Crippen molar-refractivity contribution in [3.8, 4) is 22.6 Å². The van der Waals surface area contributed by atoms with E-state index in [0.29, 0.717) is 57.7 Å². The molecule has 2 aromatic carbocycles. The van der Waals surface area contributed by atoms with Gasteiger partial charge >= 0.3 is 0 Å². The SMILES string of the molecule is C=C/C(=C\C(C)=C(/C)C(=O)N[C@@H](CCN)C(=O)N[C@@H]1C(=O)N[C@@H](C2CC2)C(=O)N[C@H](C(=O)N[C@@H](C)C(C)=O)Cc2ccc(OCCN)c(c2)-c2cc1ccc2OCCN)CCCCCCC. The lowest BCUT2D eigenvalue weighted by atomic mass is 9.93. The van der Waals surface area contributed by atoms with Gasteiger partial charge in [0.2, 0.25) is 29.5 Å². The van der Waals surface area contributed by atoms with Crippen molar-refractivity contribution in [2.24, 2.45) is 23.1 Å². The minimum atomic E-state index is -1.41. The molecule has 16 heteroatoms. The first-order chi connectivity index (χ1) is 31.6. The predicted octanol–water partition coefficient (Wildman–Crippen LogP) is 3.86. The number of fused-ring (bicyclic) bond motifs is 5. The molecule has 66 heavy (non-hydrogen) atoms. The van der Waals surface area contributed by atoms with Gasteiger partial charge in [-0.25, -0.2) is 0 Å². The van der Waals surface area contributed by atoms with Gasteiger partial charge in [0.25, 0.3) is 0 Å². The summed E-state index contributed by atoms with van der Waals surface area (Å²) in [6.45, 7) is 13.3. The largest absolute Gasteiger partial charge is 0.492 e. The molecule has 2 aromatic rings. The van der Waals surface area contributed by atoms with Crippen LogP contribution in [0, 0.1) is 5.92 Å². The maximum Gasteiger partial charge on any atom is 0.247 e. The van der Waals surface area contributed by atoms with Gasteiger partial charge in [-0.3, -0.25) is 28.8 Å². The molecule has 5 atom stereocenters. The third-order valence-corrected chi connectivity index (χ3v) is 11.9. The normalized spacial score (nSPS) is 18.8. The molecule has 2 aliphatic rings. The van der Waals surface area contributed by atoms with E-state index in [-0.39, 0.29) is 57.4 Å². The van der Waals surface area contributed by atoms with Gasteiger partial charge in [-0.1, -0.05) is 63.5 Å². The number of ether oxygens (including phenoxy) is 2. The van der Waals surface area contributed by atoms with Crippen LogP contribution in [0.3, 0.4) is 0 Å². The lowest BCUT2D eigenvalue weighted by molar-refractivity contribution is -0.135. The van der Waals surface area contributed by atoms with E-state index >= 15 is 0 Å². The van der Waals surface area contributed by atoms with Crippen LogP contribution in [0.15, 0.2) is 71.8 Å². The van der Waals surface area contributed by atoms with Crippen LogP contribution in [-0.4, -0.2) is 92.3 Å². The molecule has 0 spiro atoms. The number of ketones is 1. The Hall–Kier alpha value is -5.84. The lowest BCUT2D eigenvalue weighted by Gasteiger charge is -2.28. The summed E-state index contributed by atoms with van der Waals surface area (Å²) >= 11 is 0. The summed E-state index contributed by atoms with van der Waals surface area (Å²) in [6, 6.07) is 4.67. The molecular formula is C50H72N8O8. The highest BCUT2D eigenvalue weighted by Crippen LogP contribution is 2.40. The summed E-state index contributed by atoms with van der Waals surface area (Å²) in [5.41, 5.74) is 21.8. The second-order valence-corrected chi connectivity index (χ2v) is 17.2. The number of unbranched alkanes of at least 4 members (excludes halogenated alkanes) is 4. The summed E-state index contributed by atoms with van der Waals surface area (Å²) in [5, 5.41) is 14.1. The maximum absolute atomic E-state index is 14.7. The highest BCUT2D eigenvalue weighted by atomic mass is 16.5. The number of allylic oxidation sites excluding steroid dienone is 4. The number of nitrogens with one attached hydrogen (secondary N) is 5. The first-order valence-electron chi connectivity index (χ1n) is 23.3. The van der Waals surface area contributed by atoms with Gasteiger partial charge in [0.15, 0.2) is 5.78 Å². The van der Waals surface area contributed by atoms with Crippen molar-refractivity contribution in [2.75, 3.05) is 32.8 Å². The molecule has 4 bridgehead atoms. The molecule has 0 radical (unpaired) electrons. The predicted molar refractivity (Wildman–Crippen MR) is 256 cm³/mol. The zero-order valence-corrected chi connectivity index (χ0v) is 39.4. The van der Waals surface area contributed by atoms with Crippen LogP contribution >= 0.6 is 0 Å². The Labute approximate surface area is 389 Å². The molecule has 0 aromatic heterocycles. The standard InChI is InChI=1S/C50H72N8O8/c1-7-9-10-11-12-13-34(8-2)26-30(3)31(4)46(60)55-40(20-21-51)47(61)57-45-37-17-19-43(66-25-23-53)39(29-37)38-27-35(14-18-42(38)65-24-22-52)28-41(48(62)54-32(5)33(6)59)56-49(63)44(36-15-16-36)58-50(45)64/h8,14,17-19,26-27,29,32,36,40-41,44-45H,2,7,9-13,15-16,20-25,28,51-53H2,1,3-6H3,(H,54,62)(H,55,60)(H,56,63)(H,57,61)(H,58,64)/b31-30+,34-26+/t32-,40-,41-,44-,45-/m0/s1. The number of hydrogen-bond acceptors (Lipinski definition) is 11. The number of amides is 5. The molecule has 1 saturated carbocycles. The zero-order valence-electron chi connectivity index (χ0n) is 39.4. The molecule has 360 valence electrons. The average molecular weight is 913 g/mol. The summed E-state index contributed by atoms with van der Waals surface area (Å²) in [7, 11) is 0. The lowest BCUT2D eigenvalue weighted by Crippen LogP contribution is -2.58. The van der Waals surface area contributed by atoms with E-state index in [1.165, 1.54) is 19.8 Å². The summed E-state index contributed by atoms with van der Waals surface area (Å²) in [5.74, 6) is -2.78. The Balaban J connectivity index is 1.80. The van der Waals surface area contributed by atoms with E-state index < -0.39 is 59.7 Å². The van der Waals surface area contributed by atoms with Crippen LogP contribution in [0.25, 0.3) is 11.1 Å². The van der Waals surface area contributed by atoms with Gasteiger partial charge in [-0.15, -0.1) is 0 Å². The Morgan fingerprint density at radius 1 is 0.848 bits per heavy atom. The molecule has 4 rings (SSSR count). The van der Waals surface area contributed by atoms with Crippen molar-refractivity contribution in [3.63, 3.8) is 0 Å². The van der Waals surface area contributed by atoms with Gasteiger partial charge in [-0.05, 0) is 119 Å². The molecule has 1 aliphatic heterocycles. The van der Waals surface area contributed by atoms with Crippen molar-refractivity contribution in [3.05, 3.63) is 83.0 Å². The van der Waals surface area contributed by atoms with E-state index in [9.17, 15) is 28.8 Å². The van der Waals surface area contributed by atoms with Crippen LogP contribution in [0.4, 0.5) is 0 Å². The highest BCUT2D eigenvalue weighted by molar-refractivity contribution is 5.99. The fourth-order valence-electron chi connectivity index (χ4n) is 7.60. The molecule has 16 nitrogen and oxygen atoms in total. The van der Waals surface area contributed by atoms with Crippen LogP contribution in [0.1, 0.15) is 110 Å². The third kappa shape index (κ3) is 15.4. The number of Topliss-reactive ketones (excluding diaryl/α,β-unsaturated/α-hetero) is 1. The van der Waals surface area contributed by atoms with Crippen LogP contribution in [-0.2, 0) is 35.2 Å². The van der Waals surface area contributed by atoms with E-state index in [1.807, 2.05) is 13.0 Å². The van der Waals surface area contributed by atoms with E-state index in [0.717, 1.165) is 31.3 Å². The molecule has 5 amide bonds. The average Bonchev–Trinajstić information content (AvgIpc) is 4.15. The van der Waals surface area contributed by atoms with Gasteiger partial charge in [0, 0.05) is 36.2 Å². The third-order valence-electron chi connectivity index (χ3n) is 11.9. The number of rotatable bonds is 24. The van der Waals surface area contributed by atoms with Crippen molar-refractivity contribution in [1.29, 1.82) is 0 Å². The number of carbonyl (C=O) groups is 6. The van der Waals surface area contributed by atoms with Crippen LogP contribution in [0.5, 0.6) is 11.5 Å². The van der Waals surface area contributed by atoms with Crippen LogP contribution < -0.4 is 53.3 Å². The minimum Gasteiger partial charge on any atom is -0.492 e. The number of benzene rings is 2. The minimum absolute atomic E-state index is 0.0162. The monoisotopic (exact) mass is 913 g/mol. The second kappa shape index (κ2) is 26.3. The molecule has 11 N–H and O–H groups in total. The van der Waals surface area contributed by atoms with Crippen molar-refractivity contribution < 1.29 is 38.2 Å². The molecule has 1 heterocycles. The van der Waals surface area contributed by atoms with E-state index in [4.69, 9.17) is 26.7 Å². The Morgan fingerprint density at radius 2 is 1.50 bits per heavy atom. The molecule has 0 saturated heterocycles. The molecule has 1 aliphatic carbocycles. The number of carbonyl (C=O) groups excluding carboxylic acids is 6. The summed E-state index contributed by atoms with van der Waals surface area (Å²) < 4.78 is 12.2. The van der Waals surface area contributed by atoms with Gasteiger partial charge in [0.1, 0.15) is 48.9 Å². The maximum atomic E-state index is 14.7. The summed E-state index contributed by atoms with van der Waals surface area (Å²) in [4.78, 5) is 83.1. The fraction of sp³-hybridized carbons (Fsp3) is 0.520. The fourth-order valence-corrected chi connectivity index (χ4v) is 7.60. The summed E-state index contributed by atoms with van der Waals surface area (Å²) in [6.07, 6.45) is 11.5. The van der Waals surface area contributed by atoms with Crippen molar-refractivity contribution in [1.82, 2.24) is 26.6 Å². The number of nitrogens with two attached hydrogens (primary N) is 3. The molecular weight excluding hydrogens is 841 g/mol. The first-order valence-corrected chi connectivity index (χ1v) is 23.3.